The van der Waals surface area contributed by atoms with Crippen LogP contribution in [0.4, 0.5) is 0 Å². The van der Waals surface area contributed by atoms with Crippen molar-refractivity contribution in [3.8, 4) is 0 Å². The first kappa shape index (κ1) is 20.1. The summed E-state index contributed by atoms with van der Waals surface area (Å²) in [5.74, 6) is 2.74. The Labute approximate surface area is 172 Å². The lowest BCUT2D eigenvalue weighted by molar-refractivity contribution is -0.121. The molecule has 1 fully saturated rings. The van der Waals surface area contributed by atoms with Gasteiger partial charge in [0.15, 0.2) is 0 Å². The normalized spacial score (nSPS) is 20.3. The van der Waals surface area contributed by atoms with Crippen molar-refractivity contribution >= 4 is 5.91 Å². The smallest absolute Gasteiger partial charge is 0.220 e. The maximum atomic E-state index is 12.6. The predicted molar refractivity (Wildman–Crippen MR) is 109 cm³/mol. The second kappa shape index (κ2) is 8.65. The van der Waals surface area contributed by atoms with Gasteiger partial charge in [0.2, 0.25) is 5.91 Å². The van der Waals surface area contributed by atoms with Crippen LogP contribution in [0.1, 0.15) is 66.6 Å². The van der Waals surface area contributed by atoms with E-state index in [0.29, 0.717) is 12.3 Å². The molecule has 1 saturated heterocycles. The molecule has 29 heavy (non-hydrogen) atoms. The third-order valence-corrected chi connectivity index (χ3v) is 6.49. The van der Waals surface area contributed by atoms with Crippen LogP contribution in [-0.4, -0.2) is 49.7 Å². The Bertz CT molecular complexity index is 865. The fourth-order valence-electron chi connectivity index (χ4n) is 4.63. The minimum absolute atomic E-state index is 0.125. The van der Waals surface area contributed by atoms with Crippen molar-refractivity contribution < 1.29 is 9.53 Å². The summed E-state index contributed by atoms with van der Waals surface area (Å²) in [5, 5.41) is 16.6. The van der Waals surface area contributed by atoms with E-state index in [1.165, 1.54) is 5.56 Å². The Kier molecular flexibility index (Phi) is 5.99. The quantitative estimate of drug-likeness (QED) is 0.829. The molecule has 0 aromatic carbocycles. The van der Waals surface area contributed by atoms with Crippen LogP contribution < -0.4 is 5.32 Å². The number of hydrogen-bond acceptors (Lipinski definition) is 5. The lowest BCUT2D eigenvalue weighted by Crippen LogP contribution is -2.35. The van der Waals surface area contributed by atoms with Crippen LogP contribution in [0.3, 0.4) is 0 Å². The minimum atomic E-state index is 0.125. The molecule has 2 aromatic rings. The van der Waals surface area contributed by atoms with E-state index in [-0.39, 0.29) is 11.9 Å². The number of rotatable bonds is 5. The Morgan fingerprint density at radius 3 is 2.69 bits per heavy atom. The van der Waals surface area contributed by atoms with Crippen molar-refractivity contribution in [1.29, 1.82) is 0 Å². The second-order valence-corrected chi connectivity index (χ2v) is 8.38. The zero-order chi connectivity index (χ0) is 20.4. The Morgan fingerprint density at radius 2 is 1.97 bits per heavy atom. The number of nitrogens with zero attached hydrogens (tertiary/aromatic N) is 5. The molecular formula is C21H32N6O2. The van der Waals surface area contributed by atoms with Gasteiger partial charge in [0.25, 0.3) is 0 Å². The maximum Gasteiger partial charge on any atom is 0.220 e. The van der Waals surface area contributed by atoms with E-state index in [4.69, 9.17) is 4.74 Å². The highest BCUT2D eigenvalue weighted by Gasteiger charge is 2.26. The largest absolute Gasteiger partial charge is 0.381 e. The number of carbonyl (C=O) groups is 1. The number of nitrogens with one attached hydrogen (secondary N) is 1. The number of amides is 1. The van der Waals surface area contributed by atoms with Crippen LogP contribution in [0.15, 0.2) is 0 Å². The van der Waals surface area contributed by atoms with Gasteiger partial charge in [-0.15, -0.1) is 10.2 Å². The number of aromatic nitrogens is 5. The summed E-state index contributed by atoms with van der Waals surface area (Å²) in [4.78, 5) is 12.6. The molecule has 4 rings (SSSR count). The topological polar surface area (TPSA) is 86.9 Å². The van der Waals surface area contributed by atoms with E-state index in [0.717, 1.165) is 81.3 Å². The molecule has 0 radical (unpaired) electrons. The third kappa shape index (κ3) is 4.37. The third-order valence-electron chi connectivity index (χ3n) is 6.49. The van der Waals surface area contributed by atoms with Gasteiger partial charge in [-0.25, -0.2) is 0 Å². The van der Waals surface area contributed by atoms with Crippen molar-refractivity contribution in [2.75, 3.05) is 13.2 Å². The molecule has 158 valence electrons. The molecule has 1 amide bonds. The van der Waals surface area contributed by atoms with E-state index < -0.39 is 0 Å². The highest BCUT2D eigenvalue weighted by molar-refractivity contribution is 5.76. The molecule has 0 spiro atoms. The number of hydrogen-bond donors (Lipinski definition) is 1. The first-order valence-corrected chi connectivity index (χ1v) is 10.8. The van der Waals surface area contributed by atoms with E-state index >= 15 is 0 Å². The maximum absolute atomic E-state index is 12.6. The van der Waals surface area contributed by atoms with Gasteiger partial charge in [-0.05, 0) is 51.5 Å². The van der Waals surface area contributed by atoms with Crippen molar-refractivity contribution in [2.24, 2.45) is 7.05 Å². The summed E-state index contributed by atoms with van der Waals surface area (Å²) in [6.07, 6.45) is 5.99. The zero-order valence-corrected chi connectivity index (χ0v) is 17.8. The molecule has 1 N–H and O–H groups in total. The summed E-state index contributed by atoms with van der Waals surface area (Å²) >= 11 is 0. The van der Waals surface area contributed by atoms with Gasteiger partial charge in [0.05, 0.1) is 5.69 Å². The Hall–Kier alpha value is -2.22. The number of aryl methyl sites for hydroxylation is 3. The van der Waals surface area contributed by atoms with E-state index in [9.17, 15) is 4.79 Å². The van der Waals surface area contributed by atoms with Crippen LogP contribution in [0.5, 0.6) is 0 Å². The van der Waals surface area contributed by atoms with Crippen LogP contribution >= 0.6 is 0 Å². The molecule has 0 bridgehead atoms. The lowest BCUT2D eigenvalue weighted by Gasteiger charge is -2.22. The Balaban J connectivity index is 1.32. The van der Waals surface area contributed by atoms with Gasteiger partial charge in [-0.1, -0.05) is 0 Å². The van der Waals surface area contributed by atoms with Crippen molar-refractivity contribution in [2.45, 2.75) is 77.3 Å². The van der Waals surface area contributed by atoms with Crippen LogP contribution in [-0.2, 0) is 36.0 Å². The van der Waals surface area contributed by atoms with Crippen LogP contribution in [0.2, 0.25) is 0 Å². The van der Waals surface area contributed by atoms with Gasteiger partial charge >= 0.3 is 0 Å². The summed E-state index contributed by atoms with van der Waals surface area (Å²) < 4.78 is 9.67. The van der Waals surface area contributed by atoms with E-state index in [2.05, 4.69) is 32.1 Å². The molecule has 0 aliphatic carbocycles. The summed E-state index contributed by atoms with van der Waals surface area (Å²) in [5.41, 5.74) is 3.35. The molecule has 0 saturated carbocycles. The summed E-state index contributed by atoms with van der Waals surface area (Å²) in [6, 6.07) is 0.197. The summed E-state index contributed by atoms with van der Waals surface area (Å²) in [6.45, 7) is 6.56. The Morgan fingerprint density at radius 1 is 1.17 bits per heavy atom. The molecule has 8 nitrogen and oxygen atoms in total. The monoisotopic (exact) mass is 400 g/mol. The standard InChI is InChI=1S/C21H32N6O2/c1-14-18(15(2)26(3)25-14)5-7-20(28)22-17-4-6-19-23-24-21(27(19)11-8-17)16-9-12-29-13-10-16/h16-17H,4-13H2,1-3H3,(H,22,28). The number of ether oxygens (including phenoxy) is 1. The second-order valence-electron chi connectivity index (χ2n) is 8.38. The number of fused-ring (bicyclic) bond motifs is 1. The van der Waals surface area contributed by atoms with E-state index in [1.54, 1.807) is 0 Å². The van der Waals surface area contributed by atoms with Gasteiger partial charge in [-0.2, -0.15) is 5.10 Å². The summed E-state index contributed by atoms with van der Waals surface area (Å²) in [7, 11) is 1.95. The molecular weight excluding hydrogens is 368 g/mol. The molecule has 2 aromatic heterocycles. The van der Waals surface area contributed by atoms with Gasteiger partial charge in [-0.3, -0.25) is 9.48 Å². The van der Waals surface area contributed by atoms with Gasteiger partial charge < -0.3 is 14.6 Å². The highest BCUT2D eigenvalue weighted by Crippen LogP contribution is 2.28. The first-order chi connectivity index (χ1) is 14.0. The van der Waals surface area contributed by atoms with Gasteiger partial charge in [0.1, 0.15) is 11.6 Å². The van der Waals surface area contributed by atoms with Crippen molar-refractivity contribution in [1.82, 2.24) is 29.9 Å². The fraction of sp³-hybridized carbons (Fsp3) is 0.714. The van der Waals surface area contributed by atoms with Crippen molar-refractivity contribution in [3.05, 3.63) is 28.6 Å². The first-order valence-electron chi connectivity index (χ1n) is 10.8. The number of carbonyl (C=O) groups excluding carboxylic acids is 1. The molecule has 8 heteroatoms. The van der Waals surface area contributed by atoms with Crippen molar-refractivity contribution in [3.63, 3.8) is 0 Å². The minimum Gasteiger partial charge on any atom is -0.381 e. The molecule has 1 atom stereocenters. The average Bonchev–Trinajstić information content (AvgIpc) is 3.15. The lowest BCUT2D eigenvalue weighted by atomic mass is 9.99. The SMILES string of the molecule is Cc1nn(C)c(C)c1CCC(=O)NC1CCc2nnc(C3CCOCC3)n2CC1. The predicted octanol–water partition coefficient (Wildman–Crippen LogP) is 1.98. The average molecular weight is 401 g/mol. The van der Waals surface area contributed by atoms with E-state index in [1.807, 2.05) is 18.7 Å². The highest BCUT2D eigenvalue weighted by atomic mass is 16.5. The molecule has 4 heterocycles. The molecule has 1 unspecified atom stereocenters. The molecule has 2 aliphatic heterocycles. The van der Waals surface area contributed by atoms with Gasteiger partial charge in [0, 0.05) is 57.3 Å². The van der Waals surface area contributed by atoms with Crippen LogP contribution in [0, 0.1) is 13.8 Å². The molecule has 2 aliphatic rings. The zero-order valence-electron chi connectivity index (χ0n) is 17.8. The fourth-order valence-corrected chi connectivity index (χ4v) is 4.63. The van der Waals surface area contributed by atoms with Crippen LogP contribution in [0.25, 0.3) is 0 Å².